The molecular formula is C23H24Cl2N2O2. The lowest BCUT2D eigenvalue weighted by Gasteiger charge is -2.24. The van der Waals surface area contributed by atoms with Gasteiger partial charge in [0.2, 0.25) is 0 Å². The van der Waals surface area contributed by atoms with Crippen LogP contribution in [0.25, 0.3) is 0 Å². The Hall–Kier alpha value is -2.56. The number of ether oxygens (including phenoxy) is 1. The van der Waals surface area contributed by atoms with Crippen LogP contribution in [-0.2, 0) is 9.53 Å². The highest BCUT2D eigenvalue weighted by atomic mass is 35.5. The van der Waals surface area contributed by atoms with Crippen molar-refractivity contribution in [1.82, 2.24) is 0 Å². The van der Waals surface area contributed by atoms with Crippen LogP contribution >= 0.6 is 24.0 Å². The van der Waals surface area contributed by atoms with Gasteiger partial charge in [0.05, 0.1) is 18.2 Å². The van der Waals surface area contributed by atoms with E-state index in [9.17, 15) is 4.79 Å². The fourth-order valence-corrected chi connectivity index (χ4v) is 3.28. The molecule has 3 rings (SSSR count). The van der Waals surface area contributed by atoms with Crippen LogP contribution in [0, 0.1) is 5.92 Å². The highest BCUT2D eigenvalue weighted by Crippen LogP contribution is 2.36. The Kier molecular flexibility index (Phi) is 8.97. The predicted octanol–water partition coefficient (Wildman–Crippen LogP) is 6.27. The standard InChI is InChI=1S/C23H23ClN2O2.ClH/c1-2-28-23(27)17-13-18(15-25-20-9-5-3-6-10-20)22(24)19(14-17)16-26-21-11-7-4-8-12-21;/h3-12,15-17,25H,2,13-14H2,1H3;1H/b18-15+,26-16?;. The van der Waals surface area contributed by atoms with Crippen LogP contribution in [0.4, 0.5) is 11.4 Å². The summed E-state index contributed by atoms with van der Waals surface area (Å²) >= 11 is 6.66. The van der Waals surface area contributed by atoms with Crippen molar-refractivity contribution in [3.8, 4) is 0 Å². The van der Waals surface area contributed by atoms with Gasteiger partial charge in [-0.05, 0) is 55.2 Å². The Morgan fingerprint density at radius 3 is 2.45 bits per heavy atom. The van der Waals surface area contributed by atoms with Crippen molar-refractivity contribution in [2.75, 3.05) is 11.9 Å². The van der Waals surface area contributed by atoms with E-state index in [1.54, 1.807) is 6.21 Å². The maximum Gasteiger partial charge on any atom is 0.309 e. The summed E-state index contributed by atoms with van der Waals surface area (Å²) in [5.74, 6) is -0.480. The van der Waals surface area contributed by atoms with Gasteiger partial charge in [0.1, 0.15) is 0 Å². The number of carbonyl (C=O) groups excluding carboxylic acids is 1. The molecule has 0 heterocycles. The first kappa shape index (κ1) is 22.7. The Morgan fingerprint density at radius 2 is 1.79 bits per heavy atom. The van der Waals surface area contributed by atoms with Gasteiger partial charge in [0, 0.05) is 23.1 Å². The third-order valence-electron chi connectivity index (χ3n) is 4.43. The van der Waals surface area contributed by atoms with Gasteiger partial charge in [0.15, 0.2) is 0 Å². The van der Waals surface area contributed by atoms with Gasteiger partial charge in [-0.2, -0.15) is 0 Å². The number of anilines is 1. The molecule has 0 aromatic heterocycles. The van der Waals surface area contributed by atoms with Gasteiger partial charge in [-0.3, -0.25) is 9.79 Å². The zero-order valence-corrected chi connectivity index (χ0v) is 17.7. The third kappa shape index (κ3) is 6.48. The zero-order chi connectivity index (χ0) is 19.8. The molecule has 0 bridgehead atoms. The van der Waals surface area contributed by atoms with E-state index in [0.29, 0.717) is 24.5 Å². The average molecular weight is 431 g/mol. The Labute approximate surface area is 182 Å². The molecule has 1 N–H and O–H groups in total. The summed E-state index contributed by atoms with van der Waals surface area (Å²) in [6.07, 6.45) is 4.65. The second kappa shape index (κ2) is 11.4. The molecule has 0 saturated heterocycles. The van der Waals surface area contributed by atoms with Gasteiger partial charge < -0.3 is 10.1 Å². The number of nitrogens with zero attached hydrogens (tertiary/aromatic N) is 1. The van der Waals surface area contributed by atoms with E-state index in [0.717, 1.165) is 22.5 Å². The zero-order valence-electron chi connectivity index (χ0n) is 16.2. The first-order valence-electron chi connectivity index (χ1n) is 9.32. The summed E-state index contributed by atoms with van der Waals surface area (Å²) in [5.41, 5.74) is 3.49. The lowest BCUT2D eigenvalue weighted by Crippen LogP contribution is -2.23. The first-order valence-corrected chi connectivity index (χ1v) is 9.70. The topological polar surface area (TPSA) is 50.7 Å². The minimum Gasteiger partial charge on any atom is -0.466 e. The number of benzene rings is 2. The lowest BCUT2D eigenvalue weighted by atomic mass is 9.86. The number of allylic oxidation sites excluding steroid dienone is 3. The predicted molar refractivity (Wildman–Crippen MR) is 122 cm³/mol. The Bertz CT molecular complexity index is 894. The molecule has 2 aromatic carbocycles. The summed E-state index contributed by atoms with van der Waals surface area (Å²) in [7, 11) is 0. The third-order valence-corrected chi connectivity index (χ3v) is 4.91. The number of hydrogen-bond donors (Lipinski definition) is 1. The molecule has 0 saturated carbocycles. The number of hydrogen-bond acceptors (Lipinski definition) is 4. The summed E-state index contributed by atoms with van der Waals surface area (Å²) in [6, 6.07) is 19.5. The van der Waals surface area contributed by atoms with Gasteiger partial charge in [0.25, 0.3) is 0 Å². The highest BCUT2D eigenvalue weighted by Gasteiger charge is 2.29. The number of esters is 1. The van der Waals surface area contributed by atoms with Crippen LogP contribution < -0.4 is 5.32 Å². The Balaban J connectivity index is 0.00000300. The molecule has 0 spiro atoms. The van der Waals surface area contributed by atoms with Gasteiger partial charge in [-0.25, -0.2) is 0 Å². The molecule has 1 atom stereocenters. The van der Waals surface area contributed by atoms with Crippen LogP contribution in [-0.4, -0.2) is 18.8 Å². The maximum atomic E-state index is 12.4. The van der Waals surface area contributed by atoms with E-state index in [1.807, 2.05) is 73.8 Å². The highest BCUT2D eigenvalue weighted by molar-refractivity contribution is 6.34. The van der Waals surface area contributed by atoms with Crippen molar-refractivity contribution in [2.45, 2.75) is 19.8 Å². The molecule has 1 aliphatic carbocycles. The molecule has 0 fully saturated rings. The van der Waals surface area contributed by atoms with E-state index >= 15 is 0 Å². The molecule has 6 heteroatoms. The van der Waals surface area contributed by atoms with Crippen LogP contribution in [0.2, 0.25) is 0 Å². The molecule has 29 heavy (non-hydrogen) atoms. The lowest BCUT2D eigenvalue weighted by molar-refractivity contribution is -0.147. The van der Waals surface area contributed by atoms with Crippen LogP contribution in [0.5, 0.6) is 0 Å². The number of nitrogens with one attached hydrogen (secondary N) is 1. The smallest absolute Gasteiger partial charge is 0.309 e. The summed E-state index contributed by atoms with van der Waals surface area (Å²) in [4.78, 5) is 16.9. The number of halogens is 2. The fourth-order valence-electron chi connectivity index (χ4n) is 3.02. The quantitative estimate of drug-likeness (QED) is 0.433. The van der Waals surface area contributed by atoms with Crippen molar-refractivity contribution in [1.29, 1.82) is 0 Å². The molecule has 0 radical (unpaired) electrons. The van der Waals surface area contributed by atoms with Crippen molar-refractivity contribution >= 4 is 47.6 Å². The van der Waals surface area contributed by atoms with E-state index in [4.69, 9.17) is 16.3 Å². The minimum absolute atomic E-state index is 0. The second-order valence-corrected chi connectivity index (χ2v) is 6.85. The van der Waals surface area contributed by atoms with Crippen molar-refractivity contribution < 1.29 is 9.53 Å². The van der Waals surface area contributed by atoms with E-state index in [2.05, 4.69) is 10.3 Å². The number of rotatable bonds is 6. The number of carbonyl (C=O) groups is 1. The van der Waals surface area contributed by atoms with Gasteiger partial charge >= 0.3 is 5.97 Å². The van der Waals surface area contributed by atoms with Crippen LogP contribution in [0.1, 0.15) is 19.8 Å². The van der Waals surface area contributed by atoms with E-state index in [-0.39, 0.29) is 24.3 Å². The van der Waals surface area contributed by atoms with Crippen molar-refractivity contribution in [2.24, 2.45) is 10.9 Å². The molecule has 152 valence electrons. The maximum absolute atomic E-state index is 12.4. The molecule has 1 aliphatic rings. The van der Waals surface area contributed by atoms with Crippen molar-refractivity contribution in [3.05, 3.63) is 83.0 Å². The van der Waals surface area contributed by atoms with E-state index < -0.39 is 0 Å². The molecule has 0 amide bonds. The number of aliphatic imine (C=N–C) groups is 1. The van der Waals surface area contributed by atoms with Crippen LogP contribution in [0.3, 0.4) is 0 Å². The molecule has 4 nitrogen and oxygen atoms in total. The van der Waals surface area contributed by atoms with E-state index in [1.165, 1.54) is 0 Å². The SMILES string of the molecule is CCOC(=O)C1CC(C=Nc2ccccc2)=C(Cl)/C(=C/Nc2ccccc2)C1.Cl. The van der Waals surface area contributed by atoms with Crippen molar-refractivity contribution in [3.63, 3.8) is 0 Å². The summed E-state index contributed by atoms with van der Waals surface area (Å²) < 4.78 is 5.24. The van der Waals surface area contributed by atoms with Crippen LogP contribution in [0.15, 0.2) is 88.0 Å². The number of para-hydroxylation sites is 2. The summed E-state index contributed by atoms with van der Waals surface area (Å²) in [6.45, 7) is 2.18. The Morgan fingerprint density at radius 1 is 1.14 bits per heavy atom. The average Bonchev–Trinajstić information content (AvgIpc) is 2.73. The second-order valence-electron chi connectivity index (χ2n) is 6.47. The molecule has 2 aromatic rings. The monoisotopic (exact) mass is 430 g/mol. The minimum atomic E-state index is -0.275. The normalized spacial score (nSPS) is 17.9. The largest absolute Gasteiger partial charge is 0.466 e. The van der Waals surface area contributed by atoms with Gasteiger partial charge in [-0.1, -0.05) is 48.0 Å². The molecule has 1 unspecified atom stereocenters. The summed E-state index contributed by atoms with van der Waals surface area (Å²) in [5, 5.41) is 3.88. The fraction of sp³-hybridized carbons (Fsp3) is 0.217. The molecular weight excluding hydrogens is 407 g/mol. The van der Waals surface area contributed by atoms with Gasteiger partial charge in [-0.15, -0.1) is 12.4 Å². The molecule has 0 aliphatic heterocycles. The first-order chi connectivity index (χ1) is 13.7.